The summed E-state index contributed by atoms with van der Waals surface area (Å²) >= 11 is 7.67. The highest BCUT2D eigenvalue weighted by Gasteiger charge is 2.26. The molecule has 0 radical (unpaired) electrons. The van der Waals surface area contributed by atoms with Crippen molar-refractivity contribution in [3.05, 3.63) is 39.7 Å². The van der Waals surface area contributed by atoms with E-state index in [4.69, 9.17) is 16.6 Å². The van der Waals surface area contributed by atoms with Crippen molar-refractivity contribution >= 4 is 28.8 Å². The number of nitrogens with zero attached hydrogens (tertiary/aromatic N) is 3. The largest absolute Gasteiger partial charge is 0.340 e. The van der Waals surface area contributed by atoms with Crippen molar-refractivity contribution in [2.75, 3.05) is 26.2 Å². The number of aromatic nitrogens is 1. The Morgan fingerprint density at radius 1 is 1.11 bits per heavy atom. The molecule has 4 nitrogen and oxygen atoms in total. The summed E-state index contributed by atoms with van der Waals surface area (Å²) in [6.45, 7) is 8.70. The second-order valence-corrected chi connectivity index (χ2v) is 8.89. The molecule has 1 aliphatic heterocycles. The Kier molecular flexibility index (Phi) is 7.89. The monoisotopic (exact) mass is 419 g/mol. The molecular weight excluding hydrogens is 390 g/mol. The van der Waals surface area contributed by atoms with Gasteiger partial charge in [0.05, 0.1) is 12.2 Å². The first-order valence-corrected chi connectivity index (χ1v) is 11.6. The number of hydrogen-bond acceptors (Lipinski definition) is 4. The van der Waals surface area contributed by atoms with Gasteiger partial charge in [-0.05, 0) is 25.0 Å². The lowest BCUT2D eigenvalue weighted by Crippen LogP contribution is -2.50. The van der Waals surface area contributed by atoms with E-state index in [2.05, 4.69) is 29.0 Å². The van der Waals surface area contributed by atoms with Gasteiger partial charge in [-0.15, -0.1) is 11.3 Å². The smallest absolute Gasteiger partial charge is 0.225 e. The molecule has 0 aliphatic carbocycles. The third-order valence-electron chi connectivity index (χ3n) is 5.36. The van der Waals surface area contributed by atoms with E-state index >= 15 is 0 Å². The number of carbonyl (C=O) groups excluding carboxylic acids is 1. The topological polar surface area (TPSA) is 36.4 Å². The number of hydrogen-bond donors (Lipinski definition) is 0. The van der Waals surface area contributed by atoms with Crippen LogP contribution in [0.15, 0.2) is 29.6 Å². The van der Waals surface area contributed by atoms with Crippen LogP contribution in [0.4, 0.5) is 0 Å². The van der Waals surface area contributed by atoms with E-state index in [9.17, 15) is 4.79 Å². The summed E-state index contributed by atoms with van der Waals surface area (Å²) in [4.78, 5) is 22.1. The number of benzene rings is 1. The molecule has 3 rings (SSSR count). The molecule has 1 aromatic carbocycles. The van der Waals surface area contributed by atoms with Gasteiger partial charge in [0, 0.05) is 48.1 Å². The molecule has 0 saturated carbocycles. The van der Waals surface area contributed by atoms with E-state index in [-0.39, 0.29) is 5.92 Å². The summed E-state index contributed by atoms with van der Waals surface area (Å²) in [7, 11) is 0. The Balaban J connectivity index is 1.52. The number of carbonyl (C=O) groups is 1. The Morgan fingerprint density at radius 3 is 2.36 bits per heavy atom. The van der Waals surface area contributed by atoms with Crippen molar-refractivity contribution in [3.63, 3.8) is 0 Å². The second-order valence-electron chi connectivity index (χ2n) is 7.51. The Hall–Kier alpha value is -1.43. The fourth-order valence-electron chi connectivity index (χ4n) is 3.80. The minimum atomic E-state index is 0.211. The molecule has 1 amide bonds. The summed E-state index contributed by atoms with van der Waals surface area (Å²) in [5.74, 6) is 0.574. The Labute approximate surface area is 177 Å². The van der Waals surface area contributed by atoms with Crippen LogP contribution in [0.5, 0.6) is 0 Å². The van der Waals surface area contributed by atoms with Crippen LogP contribution in [0.1, 0.15) is 44.5 Å². The molecule has 1 aliphatic rings. The van der Waals surface area contributed by atoms with Crippen LogP contribution in [-0.2, 0) is 11.3 Å². The SMILES string of the molecule is CCCC(CCC)C(=O)N1CCN(Cc2nc(-c3ccc(Cl)cc3)cs2)CC1. The van der Waals surface area contributed by atoms with Crippen molar-refractivity contribution in [3.8, 4) is 11.3 Å². The van der Waals surface area contributed by atoms with Gasteiger partial charge in [-0.3, -0.25) is 9.69 Å². The third kappa shape index (κ3) is 5.56. The van der Waals surface area contributed by atoms with Gasteiger partial charge in [-0.25, -0.2) is 4.98 Å². The van der Waals surface area contributed by atoms with Gasteiger partial charge < -0.3 is 4.90 Å². The second kappa shape index (κ2) is 10.4. The molecule has 2 aromatic rings. The van der Waals surface area contributed by atoms with Gasteiger partial charge in [0.2, 0.25) is 5.91 Å². The molecule has 0 N–H and O–H groups in total. The van der Waals surface area contributed by atoms with E-state index in [0.29, 0.717) is 5.91 Å². The Bertz CT molecular complexity index is 747. The molecule has 6 heteroatoms. The standard InChI is InChI=1S/C22H30ClN3OS/c1-3-5-18(6-4-2)22(27)26-13-11-25(12-14-26)15-21-24-20(16-28-21)17-7-9-19(23)10-8-17/h7-10,16,18H,3-6,11-15H2,1-2H3. The Morgan fingerprint density at radius 2 is 1.75 bits per heavy atom. The van der Waals surface area contributed by atoms with Crippen LogP contribution < -0.4 is 0 Å². The van der Waals surface area contributed by atoms with Crippen molar-refractivity contribution in [1.82, 2.24) is 14.8 Å². The van der Waals surface area contributed by atoms with E-state index < -0.39 is 0 Å². The van der Waals surface area contributed by atoms with Crippen LogP contribution in [0.25, 0.3) is 11.3 Å². The maximum atomic E-state index is 12.8. The zero-order valence-electron chi connectivity index (χ0n) is 16.9. The first kappa shape index (κ1) is 21.3. The van der Waals surface area contributed by atoms with Crippen molar-refractivity contribution < 1.29 is 4.79 Å². The zero-order valence-corrected chi connectivity index (χ0v) is 18.4. The first-order chi connectivity index (χ1) is 13.6. The third-order valence-corrected chi connectivity index (χ3v) is 6.44. The molecule has 1 fully saturated rings. The van der Waals surface area contributed by atoms with Gasteiger partial charge in [-0.1, -0.05) is 50.4 Å². The fourth-order valence-corrected chi connectivity index (χ4v) is 4.77. The van der Waals surface area contributed by atoms with Crippen LogP contribution in [0.2, 0.25) is 5.02 Å². The summed E-state index contributed by atoms with van der Waals surface area (Å²) in [6, 6.07) is 7.82. The molecule has 152 valence electrons. The highest BCUT2D eigenvalue weighted by Crippen LogP contribution is 2.25. The lowest BCUT2D eigenvalue weighted by atomic mass is 9.96. The predicted octanol–water partition coefficient (Wildman–Crippen LogP) is 5.32. The number of rotatable bonds is 8. The summed E-state index contributed by atoms with van der Waals surface area (Å²) in [5, 5.41) is 3.98. The van der Waals surface area contributed by atoms with E-state index in [1.807, 2.05) is 24.3 Å². The van der Waals surface area contributed by atoms with Gasteiger partial charge in [0.25, 0.3) is 0 Å². The average Bonchev–Trinajstić information content (AvgIpc) is 3.17. The lowest BCUT2D eigenvalue weighted by Gasteiger charge is -2.36. The van der Waals surface area contributed by atoms with Crippen LogP contribution in [0, 0.1) is 5.92 Å². The van der Waals surface area contributed by atoms with Gasteiger partial charge in [0.15, 0.2) is 0 Å². The highest BCUT2D eigenvalue weighted by molar-refractivity contribution is 7.09. The minimum Gasteiger partial charge on any atom is -0.340 e. The molecule has 0 spiro atoms. The van der Waals surface area contributed by atoms with Gasteiger partial charge in [-0.2, -0.15) is 0 Å². The lowest BCUT2D eigenvalue weighted by molar-refractivity contribution is -0.137. The normalized spacial score (nSPS) is 15.4. The fraction of sp³-hybridized carbons (Fsp3) is 0.545. The number of amides is 1. The quantitative estimate of drug-likeness (QED) is 0.580. The molecule has 0 bridgehead atoms. The van der Waals surface area contributed by atoms with E-state index in [0.717, 1.165) is 79.7 Å². The number of thiazole rings is 1. The highest BCUT2D eigenvalue weighted by atomic mass is 35.5. The van der Waals surface area contributed by atoms with E-state index in [1.54, 1.807) is 11.3 Å². The minimum absolute atomic E-state index is 0.211. The molecule has 1 aromatic heterocycles. The maximum Gasteiger partial charge on any atom is 0.225 e. The van der Waals surface area contributed by atoms with Crippen molar-refractivity contribution in [2.45, 2.75) is 46.1 Å². The predicted molar refractivity (Wildman–Crippen MR) is 118 cm³/mol. The van der Waals surface area contributed by atoms with Gasteiger partial charge in [0.1, 0.15) is 5.01 Å². The van der Waals surface area contributed by atoms with Crippen LogP contribution >= 0.6 is 22.9 Å². The van der Waals surface area contributed by atoms with Crippen LogP contribution in [0.3, 0.4) is 0 Å². The molecule has 0 unspecified atom stereocenters. The van der Waals surface area contributed by atoms with Gasteiger partial charge >= 0.3 is 0 Å². The molecular formula is C22H30ClN3OS. The molecule has 2 heterocycles. The molecule has 28 heavy (non-hydrogen) atoms. The van der Waals surface area contributed by atoms with Crippen LogP contribution in [-0.4, -0.2) is 46.9 Å². The molecule has 0 atom stereocenters. The van der Waals surface area contributed by atoms with E-state index in [1.165, 1.54) is 0 Å². The zero-order chi connectivity index (χ0) is 19.9. The maximum absolute atomic E-state index is 12.8. The summed E-state index contributed by atoms with van der Waals surface area (Å²) < 4.78 is 0. The number of piperazine rings is 1. The molecule has 1 saturated heterocycles. The first-order valence-electron chi connectivity index (χ1n) is 10.3. The summed E-state index contributed by atoms with van der Waals surface area (Å²) in [5.41, 5.74) is 2.10. The average molecular weight is 420 g/mol. The summed E-state index contributed by atoms with van der Waals surface area (Å²) in [6.07, 6.45) is 4.19. The van der Waals surface area contributed by atoms with Crippen molar-refractivity contribution in [1.29, 1.82) is 0 Å². The number of halogens is 1. The van der Waals surface area contributed by atoms with Crippen molar-refractivity contribution in [2.24, 2.45) is 5.92 Å².